The van der Waals surface area contributed by atoms with Crippen LogP contribution in [0.3, 0.4) is 0 Å². The summed E-state index contributed by atoms with van der Waals surface area (Å²) in [6.07, 6.45) is 3.97. The number of hydrogen-bond acceptors (Lipinski definition) is 6. The second-order valence-electron chi connectivity index (χ2n) is 8.65. The summed E-state index contributed by atoms with van der Waals surface area (Å²) >= 11 is 6.73. The fourth-order valence-electron chi connectivity index (χ4n) is 4.28. The minimum Gasteiger partial charge on any atom is -0.496 e. The molecule has 1 amide bonds. The molecule has 0 spiro atoms. The van der Waals surface area contributed by atoms with Gasteiger partial charge in [0, 0.05) is 35.3 Å². The third kappa shape index (κ3) is 5.11. The molecular formula is C29H22N2O5S2. The zero-order valence-electron chi connectivity index (χ0n) is 20.3. The zero-order valence-corrected chi connectivity index (χ0v) is 21.9. The number of rotatable bonds is 7. The number of nitrogens with zero attached hydrogens (tertiary/aromatic N) is 1. The highest BCUT2D eigenvalue weighted by atomic mass is 32.2. The molecule has 0 bridgehead atoms. The molecular weight excluding hydrogens is 520 g/mol. The van der Waals surface area contributed by atoms with Crippen molar-refractivity contribution in [3.8, 4) is 16.9 Å². The van der Waals surface area contributed by atoms with E-state index in [1.807, 2.05) is 36.4 Å². The predicted molar refractivity (Wildman–Crippen MR) is 154 cm³/mol. The van der Waals surface area contributed by atoms with Crippen molar-refractivity contribution < 1.29 is 19.4 Å². The molecule has 190 valence electrons. The molecule has 1 aromatic heterocycles. The molecule has 0 aliphatic carbocycles. The number of fused-ring (bicyclic) bond motifs is 1. The SMILES string of the molecule is COc1ccc(/C=C2\SC(=S)N(CCc3ccc(C(=O)O)cc3)C2=O)cc1-c1ccc2[nH]ccc(=O)c2c1. The van der Waals surface area contributed by atoms with Gasteiger partial charge < -0.3 is 14.8 Å². The normalized spacial score (nSPS) is 14.4. The highest BCUT2D eigenvalue weighted by Gasteiger charge is 2.31. The summed E-state index contributed by atoms with van der Waals surface area (Å²) in [4.78, 5) is 41.7. The zero-order chi connectivity index (χ0) is 26.8. The number of thiocarbonyl (C=S) groups is 1. The van der Waals surface area contributed by atoms with E-state index in [0.717, 1.165) is 27.8 Å². The van der Waals surface area contributed by atoms with Crippen LogP contribution >= 0.6 is 24.0 Å². The average molecular weight is 543 g/mol. The van der Waals surface area contributed by atoms with Crippen LogP contribution in [-0.2, 0) is 11.2 Å². The summed E-state index contributed by atoms with van der Waals surface area (Å²) in [5.74, 6) is -0.498. The van der Waals surface area contributed by atoms with Gasteiger partial charge in [-0.05, 0) is 65.6 Å². The van der Waals surface area contributed by atoms with Gasteiger partial charge in [0.05, 0.1) is 17.6 Å². The molecule has 9 heteroatoms. The van der Waals surface area contributed by atoms with Crippen molar-refractivity contribution in [1.82, 2.24) is 9.88 Å². The van der Waals surface area contributed by atoms with Crippen LogP contribution in [0.25, 0.3) is 28.1 Å². The Labute approximate surface area is 227 Å². The van der Waals surface area contributed by atoms with Crippen LogP contribution in [-0.4, -0.2) is 44.8 Å². The third-order valence-corrected chi connectivity index (χ3v) is 7.67. The van der Waals surface area contributed by atoms with Gasteiger partial charge in [-0.3, -0.25) is 14.5 Å². The Morgan fingerprint density at radius 3 is 2.61 bits per heavy atom. The molecule has 3 aromatic carbocycles. The fourth-order valence-corrected chi connectivity index (χ4v) is 5.59. The number of H-pyrrole nitrogens is 1. The molecule has 1 aliphatic heterocycles. The second-order valence-corrected chi connectivity index (χ2v) is 10.3. The Morgan fingerprint density at radius 2 is 1.87 bits per heavy atom. The first-order chi connectivity index (χ1) is 18.3. The van der Waals surface area contributed by atoms with Gasteiger partial charge in [0.2, 0.25) is 0 Å². The number of ether oxygens (including phenoxy) is 1. The molecule has 0 atom stereocenters. The fraction of sp³-hybridized carbons (Fsp3) is 0.103. The van der Waals surface area contributed by atoms with Crippen molar-refractivity contribution in [2.75, 3.05) is 13.7 Å². The highest BCUT2D eigenvalue weighted by molar-refractivity contribution is 8.26. The number of carbonyl (C=O) groups is 2. The number of aromatic amines is 1. The number of aromatic carboxylic acids is 1. The first-order valence-corrected chi connectivity index (χ1v) is 12.9. The van der Waals surface area contributed by atoms with Crippen LogP contribution in [0, 0.1) is 0 Å². The van der Waals surface area contributed by atoms with E-state index in [-0.39, 0.29) is 16.9 Å². The van der Waals surface area contributed by atoms with Crippen molar-refractivity contribution in [2.45, 2.75) is 6.42 Å². The predicted octanol–water partition coefficient (Wildman–Crippen LogP) is 5.35. The van der Waals surface area contributed by atoms with Gasteiger partial charge in [-0.15, -0.1) is 0 Å². The molecule has 0 radical (unpaired) electrons. The molecule has 1 aliphatic rings. The number of hydrogen-bond donors (Lipinski definition) is 2. The number of amides is 1. The minimum absolute atomic E-state index is 0.0720. The van der Waals surface area contributed by atoms with Crippen LogP contribution in [0.15, 0.2) is 82.6 Å². The average Bonchev–Trinajstić information content (AvgIpc) is 3.19. The number of benzene rings is 3. The first kappa shape index (κ1) is 25.4. The van der Waals surface area contributed by atoms with Crippen LogP contribution in [0.5, 0.6) is 5.75 Å². The van der Waals surface area contributed by atoms with Gasteiger partial charge in [0.25, 0.3) is 5.91 Å². The maximum Gasteiger partial charge on any atom is 0.335 e. The minimum atomic E-state index is -0.977. The van der Waals surface area contributed by atoms with E-state index in [4.69, 9.17) is 22.1 Å². The van der Waals surface area contributed by atoms with Crippen molar-refractivity contribution in [1.29, 1.82) is 0 Å². The number of nitrogens with one attached hydrogen (secondary N) is 1. The Bertz CT molecular complexity index is 1670. The summed E-state index contributed by atoms with van der Waals surface area (Å²) < 4.78 is 6.05. The monoisotopic (exact) mass is 542 g/mol. The van der Waals surface area contributed by atoms with Crippen LogP contribution in [0.1, 0.15) is 21.5 Å². The molecule has 2 heterocycles. The molecule has 38 heavy (non-hydrogen) atoms. The number of carboxylic acid groups (broad SMARTS) is 1. The van der Waals surface area contributed by atoms with Gasteiger partial charge >= 0.3 is 5.97 Å². The van der Waals surface area contributed by atoms with E-state index in [2.05, 4.69) is 4.98 Å². The number of carboxylic acids is 1. The van der Waals surface area contributed by atoms with Crippen molar-refractivity contribution in [2.24, 2.45) is 0 Å². The summed E-state index contributed by atoms with van der Waals surface area (Å²) in [5.41, 5.74) is 4.23. The van der Waals surface area contributed by atoms with E-state index in [1.54, 1.807) is 48.5 Å². The lowest BCUT2D eigenvalue weighted by Crippen LogP contribution is -2.30. The van der Waals surface area contributed by atoms with Gasteiger partial charge in [0.15, 0.2) is 5.43 Å². The van der Waals surface area contributed by atoms with Gasteiger partial charge in [-0.2, -0.15) is 0 Å². The van der Waals surface area contributed by atoms with Crippen molar-refractivity contribution in [3.63, 3.8) is 0 Å². The molecule has 4 aromatic rings. The lowest BCUT2D eigenvalue weighted by molar-refractivity contribution is -0.122. The maximum absolute atomic E-state index is 13.2. The van der Waals surface area contributed by atoms with E-state index in [0.29, 0.717) is 33.3 Å². The molecule has 0 saturated carbocycles. The number of thioether (sulfide) groups is 1. The molecule has 7 nitrogen and oxygen atoms in total. The number of aromatic nitrogens is 1. The summed E-state index contributed by atoms with van der Waals surface area (Å²) in [5, 5.41) is 9.64. The van der Waals surface area contributed by atoms with Gasteiger partial charge in [-0.1, -0.05) is 48.2 Å². The quantitative estimate of drug-likeness (QED) is 0.240. The standard InChI is InChI=1S/C29H22N2O5S2/c1-36-25-9-4-18(14-21(25)20-7-8-23-22(16-20)24(32)10-12-30-23)15-26-27(33)31(29(37)38-26)13-11-17-2-5-19(6-3-17)28(34)35/h2-10,12,14-16H,11,13H2,1H3,(H,30,32)(H,34,35)/b26-15-. The van der Waals surface area contributed by atoms with Crippen LogP contribution in [0.4, 0.5) is 0 Å². The Hall–Kier alpha value is -4.21. The third-order valence-electron chi connectivity index (χ3n) is 6.29. The maximum atomic E-state index is 13.2. The summed E-state index contributed by atoms with van der Waals surface area (Å²) in [6, 6.07) is 19.3. The topological polar surface area (TPSA) is 99.7 Å². The lowest BCUT2D eigenvalue weighted by atomic mass is 9.99. The second kappa shape index (κ2) is 10.6. The molecule has 1 saturated heterocycles. The smallest absolute Gasteiger partial charge is 0.335 e. The lowest BCUT2D eigenvalue weighted by Gasteiger charge is -2.14. The van der Waals surface area contributed by atoms with E-state index < -0.39 is 5.97 Å². The molecule has 2 N–H and O–H groups in total. The van der Waals surface area contributed by atoms with Gasteiger partial charge in [-0.25, -0.2) is 4.79 Å². The first-order valence-electron chi connectivity index (χ1n) is 11.7. The van der Waals surface area contributed by atoms with Crippen LogP contribution < -0.4 is 10.2 Å². The Kier molecular flexibility index (Phi) is 7.13. The van der Waals surface area contributed by atoms with Crippen LogP contribution in [0.2, 0.25) is 0 Å². The van der Waals surface area contributed by atoms with E-state index in [1.165, 1.54) is 17.8 Å². The molecule has 0 unspecified atom stereocenters. The number of pyridine rings is 1. The Morgan fingerprint density at radius 1 is 1.08 bits per heavy atom. The highest BCUT2D eigenvalue weighted by Crippen LogP contribution is 2.36. The van der Waals surface area contributed by atoms with Gasteiger partial charge in [0.1, 0.15) is 10.1 Å². The largest absolute Gasteiger partial charge is 0.496 e. The Balaban J connectivity index is 1.39. The molecule has 5 rings (SSSR count). The number of methoxy groups -OCH3 is 1. The van der Waals surface area contributed by atoms with Crippen molar-refractivity contribution in [3.05, 3.63) is 105 Å². The summed E-state index contributed by atoms with van der Waals surface area (Å²) in [6.45, 7) is 0.397. The van der Waals surface area contributed by atoms with E-state index >= 15 is 0 Å². The van der Waals surface area contributed by atoms with Crippen molar-refractivity contribution >= 4 is 57.2 Å². The number of carbonyl (C=O) groups excluding carboxylic acids is 1. The summed E-state index contributed by atoms with van der Waals surface area (Å²) in [7, 11) is 1.59. The molecule has 1 fully saturated rings. The van der Waals surface area contributed by atoms with E-state index in [9.17, 15) is 14.4 Å².